The van der Waals surface area contributed by atoms with Crippen molar-refractivity contribution in [1.29, 1.82) is 0 Å². The first-order valence-electron chi connectivity index (χ1n) is 7.78. The molecule has 0 spiro atoms. The summed E-state index contributed by atoms with van der Waals surface area (Å²) in [6.45, 7) is 5.82. The van der Waals surface area contributed by atoms with Crippen molar-refractivity contribution in [3.05, 3.63) is 0 Å². The molecule has 2 rings (SSSR count). The molecule has 2 heterocycles. The molecule has 5 nitrogen and oxygen atoms in total. The molecule has 2 aliphatic heterocycles. The maximum Gasteiger partial charge on any atom is 0.164 e. The summed E-state index contributed by atoms with van der Waals surface area (Å²) in [6, 6.07) is 0. The molecule has 2 aliphatic rings. The van der Waals surface area contributed by atoms with Crippen LogP contribution in [0.2, 0.25) is 0 Å². The summed E-state index contributed by atoms with van der Waals surface area (Å²) in [6.07, 6.45) is 3.98. The first-order chi connectivity index (χ1) is 9.83. The van der Waals surface area contributed by atoms with Gasteiger partial charge in [-0.25, -0.2) is 0 Å². The van der Waals surface area contributed by atoms with E-state index in [-0.39, 0.29) is 18.5 Å². The van der Waals surface area contributed by atoms with E-state index >= 15 is 0 Å². The van der Waals surface area contributed by atoms with Crippen LogP contribution in [0.15, 0.2) is 0 Å². The van der Waals surface area contributed by atoms with Crippen LogP contribution in [0, 0.1) is 11.8 Å². The molecule has 118 valence electrons. The van der Waals surface area contributed by atoms with Gasteiger partial charge in [0.2, 0.25) is 0 Å². The fourth-order valence-electron chi connectivity index (χ4n) is 2.63. The average molecular weight is 288 g/mol. The van der Waals surface area contributed by atoms with E-state index in [1.165, 1.54) is 0 Å². The predicted octanol–water partition coefficient (Wildman–Crippen LogP) is 2.19. The lowest BCUT2D eigenvalue weighted by Crippen LogP contribution is -2.44. The standard InChI is InChI=1S/C15H28O5/c1-3-5-14-17-10-13(11-18-14)15-19-8-12(9-20-15)6-4-7-16-2/h12-15H,3-11H2,1-2H3/t12-,13-,14-,15-. The van der Waals surface area contributed by atoms with Gasteiger partial charge in [-0.05, 0) is 19.3 Å². The van der Waals surface area contributed by atoms with E-state index in [1.54, 1.807) is 7.11 Å². The summed E-state index contributed by atoms with van der Waals surface area (Å²) in [7, 11) is 1.73. The molecule has 20 heavy (non-hydrogen) atoms. The third-order valence-electron chi connectivity index (χ3n) is 3.85. The van der Waals surface area contributed by atoms with Crippen LogP contribution in [0.25, 0.3) is 0 Å². The zero-order valence-corrected chi connectivity index (χ0v) is 12.7. The van der Waals surface area contributed by atoms with Crippen LogP contribution in [0.4, 0.5) is 0 Å². The molecule has 2 saturated heterocycles. The van der Waals surface area contributed by atoms with Gasteiger partial charge in [-0.15, -0.1) is 0 Å². The molecule has 0 aromatic carbocycles. The molecule has 0 aliphatic carbocycles. The number of ether oxygens (including phenoxy) is 5. The average Bonchev–Trinajstić information content (AvgIpc) is 2.49. The molecule has 2 fully saturated rings. The summed E-state index contributed by atoms with van der Waals surface area (Å²) in [5.41, 5.74) is 0. The Balaban J connectivity index is 1.62. The molecular weight excluding hydrogens is 260 g/mol. The number of rotatable bonds is 7. The van der Waals surface area contributed by atoms with Crippen LogP contribution in [-0.2, 0) is 23.7 Å². The van der Waals surface area contributed by atoms with Gasteiger partial charge in [0.25, 0.3) is 0 Å². The maximum atomic E-state index is 5.83. The van der Waals surface area contributed by atoms with Crippen molar-refractivity contribution in [2.24, 2.45) is 11.8 Å². The minimum absolute atomic E-state index is 0.0402. The Kier molecular flexibility index (Phi) is 7.24. The zero-order chi connectivity index (χ0) is 14.2. The lowest BCUT2D eigenvalue weighted by atomic mass is 10.0. The maximum absolute atomic E-state index is 5.83. The third-order valence-corrected chi connectivity index (χ3v) is 3.85. The highest BCUT2D eigenvalue weighted by Crippen LogP contribution is 2.25. The van der Waals surface area contributed by atoms with E-state index in [1.807, 2.05) is 0 Å². The van der Waals surface area contributed by atoms with Crippen LogP contribution in [-0.4, -0.2) is 52.7 Å². The number of hydrogen-bond donors (Lipinski definition) is 0. The van der Waals surface area contributed by atoms with E-state index in [4.69, 9.17) is 23.7 Å². The van der Waals surface area contributed by atoms with Gasteiger partial charge >= 0.3 is 0 Å². The second-order valence-electron chi connectivity index (χ2n) is 5.68. The second kappa shape index (κ2) is 8.95. The zero-order valence-electron chi connectivity index (χ0n) is 12.7. The quantitative estimate of drug-likeness (QED) is 0.672. The van der Waals surface area contributed by atoms with E-state index in [9.17, 15) is 0 Å². The Morgan fingerprint density at radius 3 is 2.25 bits per heavy atom. The Morgan fingerprint density at radius 1 is 0.950 bits per heavy atom. The van der Waals surface area contributed by atoms with Gasteiger partial charge in [0.05, 0.1) is 32.3 Å². The van der Waals surface area contributed by atoms with Crippen molar-refractivity contribution < 1.29 is 23.7 Å². The Morgan fingerprint density at radius 2 is 1.65 bits per heavy atom. The van der Waals surface area contributed by atoms with Crippen molar-refractivity contribution in [1.82, 2.24) is 0 Å². The van der Waals surface area contributed by atoms with Gasteiger partial charge in [-0.3, -0.25) is 0 Å². The van der Waals surface area contributed by atoms with Gasteiger partial charge in [0.15, 0.2) is 12.6 Å². The van der Waals surface area contributed by atoms with Gasteiger partial charge in [0.1, 0.15) is 0 Å². The third kappa shape index (κ3) is 4.97. The highest BCUT2D eigenvalue weighted by molar-refractivity contribution is 4.72. The first kappa shape index (κ1) is 16.2. The smallest absolute Gasteiger partial charge is 0.164 e. The summed E-state index contributed by atoms with van der Waals surface area (Å²) >= 11 is 0. The van der Waals surface area contributed by atoms with E-state index in [0.717, 1.165) is 45.5 Å². The molecule has 0 saturated carbocycles. The highest BCUT2D eigenvalue weighted by Gasteiger charge is 2.33. The molecule has 5 heteroatoms. The molecule has 0 N–H and O–H groups in total. The van der Waals surface area contributed by atoms with Crippen LogP contribution in [0.5, 0.6) is 0 Å². The Bertz CT molecular complexity index is 245. The van der Waals surface area contributed by atoms with Crippen LogP contribution in [0.3, 0.4) is 0 Å². The molecule has 0 bridgehead atoms. The molecular formula is C15H28O5. The lowest BCUT2D eigenvalue weighted by Gasteiger charge is -2.37. The van der Waals surface area contributed by atoms with Gasteiger partial charge in [0, 0.05) is 19.6 Å². The Hall–Kier alpha value is -0.200. The largest absolute Gasteiger partial charge is 0.385 e. The Labute approximate surface area is 121 Å². The van der Waals surface area contributed by atoms with Crippen molar-refractivity contribution >= 4 is 0 Å². The lowest BCUT2D eigenvalue weighted by molar-refractivity contribution is -0.281. The van der Waals surface area contributed by atoms with E-state index in [0.29, 0.717) is 19.1 Å². The summed E-state index contributed by atoms with van der Waals surface area (Å²) < 4.78 is 28.1. The molecule has 0 aromatic heterocycles. The minimum atomic E-state index is -0.170. The number of hydrogen-bond acceptors (Lipinski definition) is 5. The first-order valence-corrected chi connectivity index (χ1v) is 7.78. The summed E-state index contributed by atoms with van der Waals surface area (Å²) in [5.74, 6) is 0.683. The van der Waals surface area contributed by atoms with Crippen molar-refractivity contribution in [3.63, 3.8) is 0 Å². The highest BCUT2D eigenvalue weighted by atomic mass is 16.7. The monoisotopic (exact) mass is 288 g/mol. The fourth-order valence-corrected chi connectivity index (χ4v) is 2.63. The van der Waals surface area contributed by atoms with Crippen LogP contribution in [0.1, 0.15) is 32.6 Å². The molecule has 0 radical (unpaired) electrons. The molecule has 0 amide bonds. The SMILES string of the molecule is CCC[C@H]1OC[C@H]([C@H]2OC[C@H](CCCOC)CO2)CO1. The van der Waals surface area contributed by atoms with Gasteiger partial charge in [-0.1, -0.05) is 13.3 Å². The van der Waals surface area contributed by atoms with Crippen molar-refractivity contribution in [3.8, 4) is 0 Å². The van der Waals surface area contributed by atoms with Gasteiger partial charge in [-0.2, -0.15) is 0 Å². The summed E-state index contributed by atoms with van der Waals surface area (Å²) in [5, 5.41) is 0. The van der Waals surface area contributed by atoms with Crippen LogP contribution < -0.4 is 0 Å². The minimum Gasteiger partial charge on any atom is -0.385 e. The predicted molar refractivity (Wildman–Crippen MR) is 74.4 cm³/mol. The number of methoxy groups -OCH3 is 1. The molecule has 0 aromatic rings. The van der Waals surface area contributed by atoms with Crippen molar-refractivity contribution in [2.75, 3.05) is 40.1 Å². The van der Waals surface area contributed by atoms with Crippen LogP contribution >= 0.6 is 0 Å². The van der Waals surface area contributed by atoms with E-state index in [2.05, 4.69) is 6.92 Å². The summed E-state index contributed by atoms with van der Waals surface area (Å²) in [4.78, 5) is 0. The van der Waals surface area contributed by atoms with Crippen molar-refractivity contribution in [2.45, 2.75) is 45.2 Å². The van der Waals surface area contributed by atoms with Gasteiger partial charge < -0.3 is 23.7 Å². The normalized spacial score (nSPS) is 35.1. The van der Waals surface area contributed by atoms with E-state index < -0.39 is 0 Å². The molecule has 0 unspecified atom stereocenters. The second-order valence-corrected chi connectivity index (χ2v) is 5.68. The fraction of sp³-hybridized carbons (Fsp3) is 1.00. The topological polar surface area (TPSA) is 46.2 Å². The molecule has 0 atom stereocenters.